The highest BCUT2D eigenvalue weighted by Gasteiger charge is 2.27. The van der Waals surface area contributed by atoms with Crippen molar-refractivity contribution in [3.05, 3.63) is 70.3 Å². The van der Waals surface area contributed by atoms with Crippen molar-refractivity contribution in [3.8, 4) is 5.75 Å². The smallest absolute Gasteiger partial charge is 0.231 e. The van der Waals surface area contributed by atoms with Crippen molar-refractivity contribution < 1.29 is 14.3 Å². The maximum Gasteiger partial charge on any atom is 0.231 e. The van der Waals surface area contributed by atoms with Crippen molar-refractivity contribution in [1.82, 2.24) is 0 Å². The van der Waals surface area contributed by atoms with Crippen LogP contribution in [0.5, 0.6) is 5.75 Å². The fourth-order valence-corrected chi connectivity index (χ4v) is 3.56. The molecule has 0 atom stereocenters. The van der Waals surface area contributed by atoms with E-state index >= 15 is 0 Å². The molecule has 2 aromatic carbocycles. The number of ether oxygens (including phenoxy) is 1. The number of amides is 1. The van der Waals surface area contributed by atoms with Gasteiger partial charge < -0.3 is 9.64 Å². The van der Waals surface area contributed by atoms with Gasteiger partial charge in [0.25, 0.3) is 0 Å². The molecule has 0 radical (unpaired) electrons. The summed E-state index contributed by atoms with van der Waals surface area (Å²) in [4.78, 5) is 26.1. The van der Waals surface area contributed by atoms with E-state index in [-0.39, 0.29) is 12.3 Å². The van der Waals surface area contributed by atoms with Crippen LogP contribution in [-0.2, 0) is 16.1 Å². The molecule has 0 unspecified atom stereocenters. The number of aldehydes is 1. The lowest BCUT2D eigenvalue weighted by molar-refractivity contribution is -0.118. The normalized spacial score (nSPS) is 14.3. The molecule has 0 N–H and O–H groups in total. The number of hydrogen-bond acceptors (Lipinski definition) is 3. The molecule has 0 bridgehead atoms. The van der Waals surface area contributed by atoms with Gasteiger partial charge in [-0.3, -0.25) is 9.59 Å². The third-order valence-corrected chi connectivity index (χ3v) is 5.28. The highest BCUT2D eigenvalue weighted by Crippen LogP contribution is 2.39. The molecule has 1 heterocycles. The first-order chi connectivity index (χ1) is 13.5. The highest BCUT2D eigenvalue weighted by atomic mass is 35.5. The molecular weight excluding hydrogens is 374 g/mol. The predicted octanol–water partition coefficient (Wildman–Crippen LogP) is 5.12. The Morgan fingerprint density at radius 1 is 1.21 bits per heavy atom. The second-order valence-electron chi connectivity index (χ2n) is 6.69. The summed E-state index contributed by atoms with van der Waals surface area (Å²) in [5.74, 6) is 0.439. The minimum Gasteiger partial charge on any atom is -0.497 e. The Hall–Kier alpha value is -2.85. The third-order valence-electron chi connectivity index (χ3n) is 4.83. The first kappa shape index (κ1) is 19.9. The summed E-state index contributed by atoms with van der Waals surface area (Å²) >= 11 is 6.45. The van der Waals surface area contributed by atoms with Crippen LogP contribution in [0.15, 0.2) is 48.0 Å². The number of nitrogens with zero attached hydrogens (tertiary/aromatic N) is 1. The molecule has 28 heavy (non-hydrogen) atoms. The van der Waals surface area contributed by atoms with Crippen molar-refractivity contribution in [2.75, 3.05) is 12.0 Å². The van der Waals surface area contributed by atoms with Gasteiger partial charge in [0.05, 0.1) is 30.8 Å². The quantitative estimate of drug-likeness (QED) is 0.660. The van der Waals surface area contributed by atoms with Gasteiger partial charge in [0.1, 0.15) is 12.0 Å². The van der Waals surface area contributed by atoms with Crippen molar-refractivity contribution in [3.63, 3.8) is 0 Å². The average Bonchev–Trinajstić information content (AvgIpc) is 2.80. The second kappa shape index (κ2) is 8.44. The minimum absolute atomic E-state index is 0.0348. The third kappa shape index (κ3) is 3.87. The monoisotopic (exact) mass is 395 g/mol. The Morgan fingerprint density at radius 2 is 2.00 bits per heavy atom. The van der Waals surface area contributed by atoms with Gasteiger partial charge in [-0.05, 0) is 48.7 Å². The zero-order valence-corrected chi connectivity index (χ0v) is 16.9. The van der Waals surface area contributed by atoms with Gasteiger partial charge in [-0.2, -0.15) is 0 Å². The SMILES string of the molecule is C/C=C/c1cc(CN2C(=O)CC(C=O)=C(Cl)c3ccc(OC)cc32)ccc1C. The summed E-state index contributed by atoms with van der Waals surface area (Å²) in [5.41, 5.74) is 4.85. The Kier molecular flexibility index (Phi) is 6.00. The van der Waals surface area contributed by atoms with Gasteiger partial charge in [-0.25, -0.2) is 0 Å². The van der Waals surface area contributed by atoms with Crippen LogP contribution < -0.4 is 9.64 Å². The van der Waals surface area contributed by atoms with E-state index in [0.717, 1.165) is 11.1 Å². The van der Waals surface area contributed by atoms with Crippen molar-refractivity contribution in [2.45, 2.75) is 26.8 Å². The van der Waals surface area contributed by atoms with E-state index < -0.39 is 0 Å². The zero-order chi connectivity index (χ0) is 20.3. The summed E-state index contributed by atoms with van der Waals surface area (Å²) in [6.07, 6.45) is 4.66. The summed E-state index contributed by atoms with van der Waals surface area (Å²) in [6.45, 7) is 4.40. The number of hydrogen-bond donors (Lipinski definition) is 0. The van der Waals surface area contributed by atoms with Crippen LogP contribution in [0, 0.1) is 6.92 Å². The molecule has 2 aromatic rings. The van der Waals surface area contributed by atoms with E-state index in [2.05, 4.69) is 13.0 Å². The number of halogens is 1. The minimum atomic E-state index is -0.180. The number of allylic oxidation sites excluding steroid dienone is 1. The van der Waals surface area contributed by atoms with E-state index in [1.807, 2.05) is 31.2 Å². The predicted molar refractivity (Wildman–Crippen MR) is 114 cm³/mol. The van der Waals surface area contributed by atoms with Crippen molar-refractivity contribution in [2.24, 2.45) is 0 Å². The van der Waals surface area contributed by atoms with Crippen molar-refractivity contribution >= 4 is 40.6 Å². The summed E-state index contributed by atoms with van der Waals surface area (Å²) < 4.78 is 5.33. The second-order valence-corrected chi connectivity index (χ2v) is 7.07. The lowest BCUT2D eigenvalue weighted by Crippen LogP contribution is -2.30. The fraction of sp³-hybridized carbons (Fsp3) is 0.217. The van der Waals surface area contributed by atoms with Crippen LogP contribution in [0.25, 0.3) is 11.1 Å². The Morgan fingerprint density at radius 3 is 2.68 bits per heavy atom. The zero-order valence-electron chi connectivity index (χ0n) is 16.2. The van der Waals surface area contributed by atoms with Crippen LogP contribution in [0.4, 0.5) is 5.69 Å². The number of aryl methyl sites for hydroxylation is 1. The van der Waals surface area contributed by atoms with Gasteiger partial charge in [-0.15, -0.1) is 0 Å². The summed E-state index contributed by atoms with van der Waals surface area (Å²) in [7, 11) is 1.57. The van der Waals surface area contributed by atoms with Gasteiger partial charge >= 0.3 is 0 Å². The molecule has 1 aliphatic rings. The van der Waals surface area contributed by atoms with Gasteiger partial charge in [0.2, 0.25) is 5.91 Å². The molecule has 0 fully saturated rings. The molecule has 0 aromatic heterocycles. The molecule has 1 amide bonds. The lowest BCUT2D eigenvalue weighted by Gasteiger charge is -2.24. The number of rotatable bonds is 5. The van der Waals surface area contributed by atoms with E-state index in [1.165, 1.54) is 5.56 Å². The molecule has 0 aliphatic carbocycles. The van der Waals surface area contributed by atoms with Crippen LogP contribution in [0.2, 0.25) is 0 Å². The Bertz CT molecular complexity index is 991. The number of carbonyl (C=O) groups is 2. The number of benzene rings is 2. The van der Waals surface area contributed by atoms with E-state index in [9.17, 15) is 9.59 Å². The molecule has 0 saturated heterocycles. The first-order valence-corrected chi connectivity index (χ1v) is 9.41. The molecule has 1 aliphatic heterocycles. The Balaban J connectivity index is 2.09. The largest absolute Gasteiger partial charge is 0.497 e. The molecule has 0 saturated carbocycles. The van der Waals surface area contributed by atoms with Crippen LogP contribution in [-0.4, -0.2) is 19.3 Å². The molecule has 3 rings (SSSR count). The molecule has 4 nitrogen and oxygen atoms in total. The van der Waals surface area contributed by atoms with Crippen LogP contribution in [0.3, 0.4) is 0 Å². The van der Waals surface area contributed by atoms with E-state index in [4.69, 9.17) is 16.3 Å². The standard InChI is InChI=1S/C23H22ClNO3/c1-4-5-17-10-16(7-6-15(17)2)13-25-21-12-19(28-3)8-9-20(21)23(24)18(14-26)11-22(25)27/h4-10,12,14H,11,13H2,1-3H3/b5-4+. The lowest BCUT2D eigenvalue weighted by atomic mass is 10.0. The van der Waals surface area contributed by atoms with Crippen LogP contribution in [0.1, 0.15) is 35.6 Å². The number of methoxy groups -OCH3 is 1. The number of carbonyl (C=O) groups excluding carboxylic acids is 2. The first-order valence-electron chi connectivity index (χ1n) is 9.03. The topological polar surface area (TPSA) is 46.6 Å². The van der Waals surface area contributed by atoms with Gasteiger partial charge in [0.15, 0.2) is 0 Å². The van der Waals surface area contributed by atoms with E-state index in [1.54, 1.807) is 30.2 Å². The summed E-state index contributed by atoms with van der Waals surface area (Å²) in [5, 5.41) is 0.307. The van der Waals surface area contributed by atoms with Crippen molar-refractivity contribution in [1.29, 1.82) is 0 Å². The highest BCUT2D eigenvalue weighted by molar-refractivity contribution is 6.51. The fourth-order valence-electron chi connectivity index (χ4n) is 3.29. The van der Waals surface area contributed by atoms with Crippen LogP contribution >= 0.6 is 11.6 Å². The maximum atomic E-state index is 13.0. The number of fused-ring (bicyclic) bond motifs is 1. The molecule has 144 valence electrons. The Labute approximate surface area is 170 Å². The average molecular weight is 396 g/mol. The van der Waals surface area contributed by atoms with Gasteiger partial charge in [-0.1, -0.05) is 35.9 Å². The van der Waals surface area contributed by atoms with E-state index in [0.29, 0.717) is 40.4 Å². The molecule has 5 heteroatoms. The summed E-state index contributed by atoms with van der Waals surface area (Å²) in [6, 6.07) is 11.5. The molecule has 0 spiro atoms. The van der Waals surface area contributed by atoms with Gasteiger partial charge in [0, 0.05) is 17.2 Å². The maximum absolute atomic E-state index is 13.0. The molecular formula is C23H22ClNO3. The number of anilines is 1.